The number of rotatable bonds is 5. The van der Waals surface area contributed by atoms with Crippen LogP contribution < -0.4 is 0 Å². The Bertz CT molecular complexity index is 598. The van der Waals surface area contributed by atoms with Crippen LogP contribution in [0.4, 0.5) is 0 Å². The SMILES string of the molecule is C[C@H]1CC2CC[C@H](C)[C@H](CC[C@@H]3C[C@@H](O[Si](C)(C)C(C)(C)C)CC(=O)O3)[C@H]2[C@@H](O)C1. The van der Waals surface area contributed by atoms with E-state index in [1.165, 1.54) is 19.3 Å². The van der Waals surface area contributed by atoms with E-state index in [2.05, 4.69) is 47.7 Å². The Balaban J connectivity index is 1.60. The second-order valence-electron chi connectivity index (χ2n) is 12.3. The van der Waals surface area contributed by atoms with Crippen molar-refractivity contribution in [1.82, 2.24) is 0 Å². The van der Waals surface area contributed by atoms with E-state index in [1.807, 2.05) is 0 Å². The third-order valence-corrected chi connectivity index (χ3v) is 13.4. The summed E-state index contributed by atoms with van der Waals surface area (Å²) in [6, 6.07) is 0. The molecule has 1 saturated heterocycles. The van der Waals surface area contributed by atoms with E-state index in [1.54, 1.807) is 0 Å². The van der Waals surface area contributed by atoms with Gasteiger partial charge in [-0.1, -0.05) is 41.0 Å². The Morgan fingerprint density at radius 2 is 1.80 bits per heavy atom. The molecule has 5 heteroatoms. The van der Waals surface area contributed by atoms with E-state index in [0.717, 1.165) is 25.7 Å². The van der Waals surface area contributed by atoms with E-state index in [9.17, 15) is 9.90 Å². The number of fused-ring (bicyclic) bond motifs is 1. The van der Waals surface area contributed by atoms with Gasteiger partial charge in [0.2, 0.25) is 0 Å². The van der Waals surface area contributed by atoms with Crippen LogP contribution in [-0.2, 0) is 14.0 Å². The van der Waals surface area contributed by atoms with Crippen molar-refractivity contribution < 1.29 is 19.1 Å². The fourth-order valence-corrected chi connectivity index (χ4v) is 7.60. The van der Waals surface area contributed by atoms with E-state index in [0.29, 0.717) is 36.0 Å². The van der Waals surface area contributed by atoms with Gasteiger partial charge in [-0.2, -0.15) is 0 Å². The topological polar surface area (TPSA) is 55.8 Å². The first-order valence-electron chi connectivity index (χ1n) is 12.4. The van der Waals surface area contributed by atoms with Gasteiger partial charge in [0.15, 0.2) is 8.32 Å². The second-order valence-corrected chi connectivity index (χ2v) is 17.1. The van der Waals surface area contributed by atoms with Gasteiger partial charge in [0.05, 0.1) is 18.6 Å². The molecule has 0 aromatic carbocycles. The zero-order valence-corrected chi connectivity index (χ0v) is 21.4. The fraction of sp³-hybridized carbons (Fsp3) is 0.960. The Morgan fingerprint density at radius 3 is 2.47 bits per heavy atom. The molecule has 3 fully saturated rings. The summed E-state index contributed by atoms with van der Waals surface area (Å²) in [5, 5.41) is 11.0. The van der Waals surface area contributed by atoms with Gasteiger partial charge in [0.25, 0.3) is 0 Å². The first-order valence-corrected chi connectivity index (χ1v) is 15.3. The molecule has 4 nitrogen and oxygen atoms in total. The maximum atomic E-state index is 12.3. The summed E-state index contributed by atoms with van der Waals surface area (Å²) in [6.07, 6.45) is 7.74. The Hall–Kier alpha value is -0.393. The number of carbonyl (C=O) groups excluding carboxylic acids is 1. The van der Waals surface area contributed by atoms with Crippen molar-refractivity contribution >= 4 is 14.3 Å². The highest BCUT2D eigenvalue weighted by atomic mass is 28.4. The highest BCUT2D eigenvalue weighted by molar-refractivity contribution is 6.74. The van der Waals surface area contributed by atoms with E-state index >= 15 is 0 Å². The number of ether oxygens (including phenoxy) is 1. The molecule has 3 rings (SSSR count). The number of aliphatic hydroxyl groups is 1. The molecule has 2 saturated carbocycles. The normalized spacial score (nSPS) is 40.6. The van der Waals surface area contributed by atoms with Crippen LogP contribution in [0.25, 0.3) is 0 Å². The van der Waals surface area contributed by atoms with Crippen LogP contribution in [0.3, 0.4) is 0 Å². The predicted molar refractivity (Wildman–Crippen MR) is 124 cm³/mol. The van der Waals surface area contributed by atoms with Crippen LogP contribution in [0, 0.1) is 29.6 Å². The largest absolute Gasteiger partial charge is 0.462 e. The lowest BCUT2D eigenvalue weighted by molar-refractivity contribution is -0.160. The first kappa shape index (κ1) is 24.3. The third kappa shape index (κ3) is 5.50. The lowest BCUT2D eigenvalue weighted by Crippen LogP contribution is -2.47. The van der Waals surface area contributed by atoms with Crippen molar-refractivity contribution in [3.8, 4) is 0 Å². The molecule has 1 aliphatic heterocycles. The standard InChI is InChI=1S/C25H46O4Si/c1-16-12-18-9-8-17(2)21(24(18)22(26)13-16)11-10-19-14-20(15-23(27)28-19)29-30(6,7)25(3,4)5/h16-22,24,26H,8-15H2,1-7H3/t16-,17-,18?,19+,20+,21-,22-,24-/m0/s1. The lowest BCUT2D eigenvalue weighted by atomic mass is 9.58. The molecule has 1 heterocycles. The van der Waals surface area contributed by atoms with Crippen LogP contribution in [0.2, 0.25) is 18.1 Å². The number of hydrogen-bond acceptors (Lipinski definition) is 4. The summed E-state index contributed by atoms with van der Waals surface area (Å²) in [5.41, 5.74) is 0. The molecular weight excluding hydrogens is 392 g/mol. The van der Waals surface area contributed by atoms with Gasteiger partial charge < -0.3 is 14.3 Å². The second kappa shape index (κ2) is 9.23. The first-order chi connectivity index (χ1) is 13.9. The molecule has 30 heavy (non-hydrogen) atoms. The summed E-state index contributed by atoms with van der Waals surface area (Å²) in [5.74, 6) is 2.84. The maximum Gasteiger partial charge on any atom is 0.308 e. The maximum absolute atomic E-state index is 12.3. The summed E-state index contributed by atoms with van der Waals surface area (Å²) in [7, 11) is -1.90. The minimum atomic E-state index is -1.90. The number of esters is 1. The van der Waals surface area contributed by atoms with Crippen molar-refractivity contribution in [2.75, 3.05) is 0 Å². The van der Waals surface area contributed by atoms with Crippen molar-refractivity contribution in [2.24, 2.45) is 29.6 Å². The highest BCUT2D eigenvalue weighted by Gasteiger charge is 2.45. The van der Waals surface area contributed by atoms with Gasteiger partial charge in [-0.3, -0.25) is 4.79 Å². The molecule has 3 aliphatic rings. The minimum Gasteiger partial charge on any atom is -0.462 e. The van der Waals surface area contributed by atoms with Crippen molar-refractivity contribution in [1.29, 1.82) is 0 Å². The van der Waals surface area contributed by atoms with Crippen molar-refractivity contribution in [3.63, 3.8) is 0 Å². The van der Waals surface area contributed by atoms with E-state index in [-0.39, 0.29) is 29.3 Å². The highest BCUT2D eigenvalue weighted by Crippen LogP contribution is 2.49. The molecule has 0 aromatic rings. The van der Waals surface area contributed by atoms with Gasteiger partial charge in [0, 0.05) is 6.42 Å². The molecule has 1 unspecified atom stereocenters. The molecule has 1 N–H and O–H groups in total. The number of hydrogen-bond donors (Lipinski definition) is 1. The number of cyclic esters (lactones) is 1. The summed E-state index contributed by atoms with van der Waals surface area (Å²) < 4.78 is 12.3. The van der Waals surface area contributed by atoms with Crippen molar-refractivity contribution in [2.45, 2.75) is 122 Å². The van der Waals surface area contributed by atoms with Crippen molar-refractivity contribution in [3.05, 3.63) is 0 Å². The van der Waals surface area contributed by atoms with Crippen LogP contribution in [-0.4, -0.2) is 37.7 Å². The average Bonchev–Trinajstić information content (AvgIpc) is 2.59. The Kier molecular flexibility index (Phi) is 7.46. The number of carbonyl (C=O) groups is 1. The Morgan fingerprint density at radius 1 is 1.10 bits per heavy atom. The van der Waals surface area contributed by atoms with Gasteiger partial charge >= 0.3 is 5.97 Å². The predicted octanol–water partition coefficient (Wildman–Crippen LogP) is 5.93. The third-order valence-electron chi connectivity index (χ3n) is 8.86. The summed E-state index contributed by atoms with van der Waals surface area (Å²) in [6.45, 7) is 15.9. The van der Waals surface area contributed by atoms with Crippen LogP contribution in [0.15, 0.2) is 0 Å². The van der Waals surface area contributed by atoms with Gasteiger partial charge in [0.1, 0.15) is 6.10 Å². The molecule has 2 aliphatic carbocycles. The molecule has 0 aromatic heterocycles. The summed E-state index contributed by atoms with van der Waals surface area (Å²) in [4.78, 5) is 12.3. The molecule has 0 spiro atoms. The molecule has 0 bridgehead atoms. The van der Waals surface area contributed by atoms with E-state index in [4.69, 9.17) is 9.16 Å². The zero-order valence-electron chi connectivity index (χ0n) is 20.4. The molecular formula is C25H46O4Si. The molecule has 0 radical (unpaired) electrons. The molecule has 0 amide bonds. The smallest absolute Gasteiger partial charge is 0.308 e. The van der Waals surface area contributed by atoms with Crippen LogP contribution in [0.1, 0.15) is 86.0 Å². The summed E-state index contributed by atoms with van der Waals surface area (Å²) >= 11 is 0. The fourth-order valence-electron chi connectivity index (χ4n) is 6.23. The van der Waals surface area contributed by atoms with E-state index < -0.39 is 8.32 Å². The minimum absolute atomic E-state index is 0.00482. The molecule has 174 valence electrons. The van der Waals surface area contributed by atoms with Crippen LogP contribution >= 0.6 is 0 Å². The Labute approximate surface area is 185 Å². The number of aliphatic hydroxyl groups excluding tert-OH is 1. The average molecular weight is 439 g/mol. The van der Waals surface area contributed by atoms with Gasteiger partial charge in [-0.05, 0) is 79.8 Å². The van der Waals surface area contributed by atoms with Gasteiger partial charge in [-0.15, -0.1) is 0 Å². The quantitative estimate of drug-likeness (QED) is 0.427. The van der Waals surface area contributed by atoms with Gasteiger partial charge in [-0.25, -0.2) is 0 Å². The van der Waals surface area contributed by atoms with Crippen LogP contribution in [0.5, 0.6) is 0 Å². The zero-order chi connectivity index (χ0) is 22.3. The monoisotopic (exact) mass is 438 g/mol. The lowest BCUT2D eigenvalue weighted by Gasteiger charge is -2.49. The molecule has 8 atom stereocenters.